The van der Waals surface area contributed by atoms with Gasteiger partial charge in [0.25, 0.3) is 0 Å². The summed E-state index contributed by atoms with van der Waals surface area (Å²) in [7, 11) is 1.29. The molecule has 1 aliphatic rings. The zero-order chi connectivity index (χ0) is 14.7. The van der Waals surface area contributed by atoms with Gasteiger partial charge in [-0.2, -0.15) is 0 Å². The molecule has 1 N–H and O–H groups in total. The highest BCUT2D eigenvalue weighted by atomic mass is 19.1. The normalized spacial score (nSPS) is 22.4. The van der Waals surface area contributed by atoms with Gasteiger partial charge in [0, 0.05) is 6.54 Å². The number of likely N-dealkylation sites (tertiary alicyclic amines) is 1. The Bertz CT molecular complexity index is 502. The van der Waals surface area contributed by atoms with Crippen molar-refractivity contribution in [1.29, 1.82) is 0 Å². The van der Waals surface area contributed by atoms with Crippen molar-refractivity contribution in [2.24, 2.45) is 5.92 Å². The number of carboxylic acids is 1. The van der Waals surface area contributed by atoms with E-state index in [4.69, 9.17) is 9.84 Å². The molecule has 20 heavy (non-hydrogen) atoms. The lowest BCUT2D eigenvalue weighted by atomic mass is 9.87. The third-order valence-corrected chi connectivity index (χ3v) is 3.62. The molecule has 1 saturated heterocycles. The number of halogens is 1. The molecule has 1 aromatic carbocycles. The minimum Gasteiger partial charge on any atom is -0.481 e. The quantitative estimate of drug-likeness (QED) is 0.904. The fourth-order valence-electron chi connectivity index (χ4n) is 2.53. The van der Waals surface area contributed by atoms with Crippen LogP contribution in [0.2, 0.25) is 0 Å². The van der Waals surface area contributed by atoms with Crippen molar-refractivity contribution in [2.45, 2.75) is 18.9 Å². The van der Waals surface area contributed by atoms with Gasteiger partial charge in [0.15, 0.2) is 0 Å². The van der Waals surface area contributed by atoms with E-state index in [9.17, 15) is 14.0 Å². The monoisotopic (exact) mass is 281 g/mol. The molecule has 0 aliphatic carbocycles. The summed E-state index contributed by atoms with van der Waals surface area (Å²) in [5.74, 6) is -1.75. The highest BCUT2D eigenvalue weighted by Gasteiger charge is 2.36. The van der Waals surface area contributed by atoms with Crippen LogP contribution in [-0.2, 0) is 9.53 Å². The number of carboxylic acid groups (broad SMARTS) is 1. The van der Waals surface area contributed by atoms with Crippen LogP contribution in [0.1, 0.15) is 24.4 Å². The fraction of sp³-hybridized carbons (Fsp3) is 0.429. The van der Waals surface area contributed by atoms with Crippen molar-refractivity contribution in [3.05, 3.63) is 35.6 Å². The smallest absolute Gasteiger partial charge is 0.409 e. The minimum atomic E-state index is -0.873. The molecule has 0 saturated carbocycles. The summed E-state index contributed by atoms with van der Waals surface area (Å²) < 4.78 is 17.7. The summed E-state index contributed by atoms with van der Waals surface area (Å²) in [6, 6.07) is 5.34. The van der Waals surface area contributed by atoms with E-state index in [2.05, 4.69) is 0 Å². The SMILES string of the molecule is COC(=O)N1CCC(C(=O)O)CC1c1ccc(F)cc1. The van der Waals surface area contributed by atoms with E-state index >= 15 is 0 Å². The molecule has 1 heterocycles. The second-order valence-electron chi connectivity index (χ2n) is 4.79. The lowest BCUT2D eigenvalue weighted by molar-refractivity contribution is -0.144. The van der Waals surface area contributed by atoms with Gasteiger partial charge in [-0.05, 0) is 30.5 Å². The Morgan fingerprint density at radius 2 is 2.00 bits per heavy atom. The molecule has 0 aromatic heterocycles. The average molecular weight is 281 g/mol. The van der Waals surface area contributed by atoms with Crippen LogP contribution in [-0.4, -0.2) is 35.7 Å². The molecule has 108 valence electrons. The number of aliphatic carboxylic acids is 1. The summed E-state index contributed by atoms with van der Waals surface area (Å²) in [5, 5.41) is 9.13. The molecule has 6 heteroatoms. The number of carbonyl (C=O) groups is 2. The van der Waals surface area contributed by atoms with Crippen molar-refractivity contribution >= 4 is 12.1 Å². The van der Waals surface area contributed by atoms with Crippen LogP contribution in [0.5, 0.6) is 0 Å². The first-order valence-electron chi connectivity index (χ1n) is 6.35. The maximum atomic E-state index is 13.0. The second kappa shape index (κ2) is 5.90. The molecule has 1 fully saturated rings. The Morgan fingerprint density at radius 3 is 2.55 bits per heavy atom. The molecule has 2 unspecified atom stereocenters. The first-order valence-corrected chi connectivity index (χ1v) is 6.35. The van der Waals surface area contributed by atoms with Crippen molar-refractivity contribution in [1.82, 2.24) is 4.90 Å². The minimum absolute atomic E-state index is 0.302. The van der Waals surface area contributed by atoms with Gasteiger partial charge in [0.05, 0.1) is 19.1 Å². The number of carbonyl (C=O) groups excluding carboxylic acids is 1. The standard InChI is InChI=1S/C14H16FNO4/c1-20-14(19)16-7-6-10(13(17)18)8-12(16)9-2-4-11(15)5-3-9/h2-5,10,12H,6-8H2,1H3,(H,17,18). The molecule has 0 spiro atoms. The van der Waals surface area contributed by atoms with Crippen molar-refractivity contribution < 1.29 is 23.8 Å². The zero-order valence-corrected chi connectivity index (χ0v) is 11.1. The number of amides is 1. The summed E-state index contributed by atoms with van der Waals surface area (Å²) >= 11 is 0. The van der Waals surface area contributed by atoms with Gasteiger partial charge < -0.3 is 14.7 Å². The topological polar surface area (TPSA) is 66.8 Å². The van der Waals surface area contributed by atoms with Gasteiger partial charge in [-0.1, -0.05) is 12.1 Å². The highest BCUT2D eigenvalue weighted by molar-refractivity contribution is 5.72. The molecule has 0 bridgehead atoms. The molecule has 1 aliphatic heterocycles. The fourth-order valence-corrected chi connectivity index (χ4v) is 2.53. The molecule has 2 rings (SSSR count). The zero-order valence-electron chi connectivity index (χ0n) is 11.1. The number of methoxy groups -OCH3 is 1. The summed E-state index contributed by atoms with van der Waals surface area (Å²) in [6.07, 6.45) is 0.196. The number of hydrogen-bond acceptors (Lipinski definition) is 3. The first-order chi connectivity index (χ1) is 9.52. The Balaban J connectivity index is 2.27. The number of nitrogens with zero attached hydrogens (tertiary/aromatic N) is 1. The molecule has 0 radical (unpaired) electrons. The van der Waals surface area contributed by atoms with Crippen LogP contribution >= 0.6 is 0 Å². The Kier molecular flexibility index (Phi) is 4.22. The van der Waals surface area contributed by atoms with Crippen LogP contribution in [0, 0.1) is 11.7 Å². The van der Waals surface area contributed by atoms with E-state index in [-0.39, 0.29) is 5.82 Å². The molecular formula is C14H16FNO4. The van der Waals surface area contributed by atoms with Crippen LogP contribution < -0.4 is 0 Å². The Morgan fingerprint density at radius 1 is 1.35 bits per heavy atom. The molecule has 1 aromatic rings. The van der Waals surface area contributed by atoms with Crippen molar-refractivity contribution in [2.75, 3.05) is 13.7 Å². The first kappa shape index (κ1) is 14.3. The maximum absolute atomic E-state index is 13.0. The molecule has 1 amide bonds. The predicted octanol–water partition coefficient (Wildman–Crippen LogP) is 2.43. The van der Waals surface area contributed by atoms with Gasteiger partial charge >= 0.3 is 12.1 Å². The van der Waals surface area contributed by atoms with E-state index in [0.717, 1.165) is 0 Å². The Hall–Kier alpha value is -2.11. The van der Waals surface area contributed by atoms with E-state index in [0.29, 0.717) is 24.9 Å². The van der Waals surface area contributed by atoms with E-state index < -0.39 is 24.0 Å². The molecule has 5 nitrogen and oxygen atoms in total. The van der Waals surface area contributed by atoms with Gasteiger partial charge in [-0.15, -0.1) is 0 Å². The number of piperidine rings is 1. The van der Waals surface area contributed by atoms with E-state index in [1.165, 1.54) is 24.1 Å². The van der Waals surface area contributed by atoms with E-state index in [1.807, 2.05) is 0 Å². The third kappa shape index (κ3) is 2.89. The molecule has 2 atom stereocenters. The van der Waals surface area contributed by atoms with Gasteiger partial charge in [0.2, 0.25) is 0 Å². The van der Waals surface area contributed by atoms with Gasteiger partial charge in [-0.25, -0.2) is 9.18 Å². The average Bonchev–Trinajstić information content (AvgIpc) is 2.46. The summed E-state index contributed by atoms with van der Waals surface area (Å²) in [5.41, 5.74) is 0.711. The van der Waals surface area contributed by atoms with Gasteiger partial charge in [-0.3, -0.25) is 4.79 Å². The number of hydrogen-bond donors (Lipinski definition) is 1. The maximum Gasteiger partial charge on any atom is 0.409 e. The van der Waals surface area contributed by atoms with Crippen molar-refractivity contribution in [3.8, 4) is 0 Å². The molecular weight excluding hydrogens is 265 g/mol. The van der Waals surface area contributed by atoms with E-state index in [1.54, 1.807) is 12.1 Å². The van der Waals surface area contributed by atoms with Crippen LogP contribution in [0.3, 0.4) is 0 Å². The van der Waals surface area contributed by atoms with Crippen LogP contribution in [0.4, 0.5) is 9.18 Å². The largest absolute Gasteiger partial charge is 0.481 e. The Labute approximate surface area is 116 Å². The lowest BCUT2D eigenvalue weighted by Crippen LogP contribution is -2.42. The summed E-state index contributed by atoms with van der Waals surface area (Å²) in [6.45, 7) is 0.311. The van der Waals surface area contributed by atoms with Crippen molar-refractivity contribution in [3.63, 3.8) is 0 Å². The highest BCUT2D eigenvalue weighted by Crippen LogP contribution is 2.34. The number of ether oxygens (including phenoxy) is 1. The second-order valence-corrected chi connectivity index (χ2v) is 4.79. The number of rotatable bonds is 2. The lowest BCUT2D eigenvalue weighted by Gasteiger charge is -2.37. The summed E-state index contributed by atoms with van der Waals surface area (Å²) in [4.78, 5) is 24.4. The van der Waals surface area contributed by atoms with Crippen LogP contribution in [0.25, 0.3) is 0 Å². The number of benzene rings is 1. The third-order valence-electron chi connectivity index (χ3n) is 3.62. The van der Waals surface area contributed by atoms with Crippen LogP contribution in [0.15, 0.2) is 24.3 Å². The predicted molar refractivity (Wildman–Crippen MR) is 68.6 cm³/mol. The van der Waals surface area contributed by atoms with Gasteiger partial charge in [0.1, 0.15) is 5.82 Å².